The molecule has 0 saturated carbocycles. The molecule has 2 aromatic rings. The molecule has 0 aliphatic carbocycles. The van der Waals surface area contributed by atoms with Crippen LogP contribution >= 0.6 is 0 Å². The maximum Gasteiger partial charge on any atom is 0.173 e. The molecule has 0 radical (unpaired) electrons. The van der Waals surface area contributed by atoms with Crippen molar-refractivity contribution in [2.24, 2.45) is 4.40 Å². The van der Waals surface area contributed by atoms with E-state index in [1.807, 2.05) is 72.8 Å². The summed E-state index contributed by atoms with van der Waals surface area (Å²) in [7, 11) is -2.36. The Morgan fingerprint density at radius 2 is 1.40 bits per heavy atom. The van der Waals surface area contributed by atoms with Crippen LogP contribution in [0.2, 0.25) is 0 Å². The van der Waals surface area contributed by atoms with Crippen molar-refractivity contribution in [1.82, 2.24) is 4.72 Å². The second-order valence-corrected chi connectivity index (χ2v) is 7.41. The molecule has 0 saturated heterocycles. The number of nitrogens with one attached hydrogen (secondary N) is 1. The molecule has 4 rings (SSSR count). The van der Waals surface area contributed by atoms with Gasteiger partial charge in [0, 0.05) is 12.4 Å². The molecule has 0 aromatic heterocycles. The number of rotatable bonds is 0. The summed E-state index contributed by atoms with van der Waals surface area (Å²) in [6, 6.07) is 15.2. The van der Waals surface area contributed by atoms with E-state index in [0.29, 0.717) is 0 Å². The molecule has 4 nitrogen and oxygen atoms in total. The molecule has 0 bridgehead atoms. The summed E-state index contributed by atoms with van der Waals surface area (Å²) in [5.74, 6) is 0. The highest BCUT2D eigenvalue weighted by molar-refractivity contribution is 7.84. The molecule has 0 fully saturated rings. The second-order valence-electron chi connectivity index (χ2n) is 5.04. The van der Waals surface area contributed by atoms with E-state index in [9.17, 15) is 8.42 Å². The topological polar surface area (TPSA) is 58.5 Å². The Labute approximate surface area is 151 Å². The first kappa shape index (κ1) is 17.3. The fourth-order valence-electron chi connectivity index (χ4n) is 2.24. The van der Waals surface area contributed by atoms with Gasteiger partial charge in [0.15, 0.2) is 11.0 Å². The fourth-order valence-corrected chi connectivity index (χ4v) is 3.95. The first-order valence-electron chi connectivity index (χ1n) is 7.57. The van der Waals surface area contributed by atoms with Gasteiger partial charge in [-0.05, 0) is 35.4 Å². The maximum absolute atomic E-state index is 11.6. The molecule has 2 aliphatic heterocycles. The molecule has 6 heteroatoms. The van der Waals surface area contributed by atoms with Gasteiger partial charge in [-0.1, -0.05) is 54.6 Å². The zero-order valence-electron chi connectivity index (χ0n) is 13.2. The Morgan fingerprint density at radius 1 is 0.760 bits per heavy atom. The predicted octanol–water partition coefficient (Wildman–Crippen LogP) is 3.65. The van der Waals surface area contributed by atoms with E-state index >= 15 is 0 Å². The Kier molecular flexibility index (Phi) is 5.87. The summed E-state index contributed by atoms with van der Waals surface area (Å²) in [6.45, 7) is 0. The van der Waals surface area contributed by atoms with E-state index in [1.54, 1.807) is 18.5 Å². The Hall–Kier alpha value is -2.57. The van der Waals surface area contributed by atoms with E-state index in [4.69, 9.17) is 0 Å². The lowest BCUT2D eigenvalue weighted by atomic mass is 10.2. The number of benzene rings is 2. The standard InChI is InChI=1S/C10H9NOS.C9H7NOS/c12-13-10-7-2-1-5-9(10)6-3-4-8-11-13;11-12-9-6-2-1-4-8(9)5-3-7-10-12/h1-8,11H;1-7H. The van der Waals surface area contributed by atoms with Crippen LogP contribution in [0, 0.1) is 0 Å². The van der Waals surface area contributed by atoms with Crippen LogP contribution in [0.1, 0.15) is 11.1 Å². The van der Waals surface area contributed by atoms with Gasteiger partial charge < -0.3 is 4.72 Å². The van der Waals surface area contributed by atoms with Crippen LogP contribution in [-0.4, -0.2) is 14.6 Å². The third kappa shape index (κ3) is 4.49. The van der Waals surface area contributed by atoms with Crippen molar-refractivity contribution in [2.45, 2.75) is 9.79 Å². The number of hydrogen-bond donors (Lipinski definition) is 1. The fraction of sp³-hybridized carbons (Fsp3) is 0. The molecule has 2 aliphatic rings. The van der Waals surface area contributed by atoms with Gasteiger partial charge in [0.1, 0.15) is 11.0 Å². The van der Waals surface area contributed by atoms with Crippen LogP contribution in [-0.2, 0) is 22.0 Å². The van der Waals surface area contributed by atoms with Gasteiger partial charge in [0.25, 0.3) is 0 Å². The normalized spacial score (nSPS) is 20.0. The number of fused-ring (bicyclic) bond motifs is 2. The van der Waals surface area contributed by atoms with Crippen LogP contribution in [0.15, 0.2) is 87.1 Å². The molecule has 25 heavy (non-hydrogen) atoms. The van der Waals surface area contributed by atoms with Crippen LogP contribution in [0.5, 0.6) is 0 Å². The van der Waals surface area contributed by atoms with E-state index in [1.165, 1.54) is 0 Å². The quantitative estimate of drug-likeness (QED) is 0.772. The Morgan fingerprint density at radius 3 is 2.20 bits per heavy atom. The highest BCUT2D eigenvalue weighted by Crippen LogP contribution is 2.17. The van der Waals surface area contributed by atoms with Crippen molar-refractivity contribution in [3.8, 4) is 0 Å². The summed E-state index contributed by atoms with van der Waals surface area (Å²) in [4.78, 5) is 1.60. The van der Waals surface area contributed by atoms with Crippen LogP contribution < -0.4 is 4.72 Å². The molecule has 2 heterocycles. The van der Waals surface area contributed by atoms with E-state index in [2.05, 4.69) is 9.12 Å². The summed E-state index contributed by atoms with van der Waals surface area (Å²) < 4.78 is 29.6. The lowest BCUT2D eigenvalue weighted by molar-refractivity contribution is 0.679. The van der Waals surface area contributed by atoms with E-state index in [0.717, 1.165) is 20.9 Å². The largest absolute Gasteiger partial charge is 0.308 e. The summed E-state index contributed by atoms with van der Waals surface area (Å²) in [5.41, 5.74) is 1.98. The van der Waals surface area contributed by atoms with Crippen LogP contribution in [0.4, 0.5) is 0 Å². The zero-order chi connectivity index (χ0) is 17.5. The van der Waals surface area contributed by atoms with Gasteiger partial charge >= 0.3 is 0 Å². The third-order valence-corrected chi connectivity index (χ3v) is 5.59. The second kappa shape index (κ2) is 8.50. The smallest absolute Gasteiger partial charge is 0.173 e. The summed E-state index contributed by atoms with van der Waals surface area (Å²) in [5, 5.41) is 0. The zero-order valence-corrected chi connectivity index (χ0v) is 14.9. The van der Waals surface area contributed by atoms with Gasteiger partial charge in [0.05, 0.1) is 9.79 Å². The Balaban J connectivity index is 0.000000146. The molecule has 0 amide bonds. The van der Waals surface area contributed by atoms with Gasteiger partial charge in [-0.25, -0.2) is 8.42 Å². The van der Waals surface area contributed by atoms with Gasteiger partial charge in [0.2, 0.25) is 0 Å². The van der Waals surface area contributed by atoms with Crippen LogP contribution in [0.3, 0.4) is 0 Å². The third-order valence-electron chi connectivity index (χ3n) is 3.40. The molecule has 2 aromatic carbocycles. The van der Waals surface area contributed by atoms with Crippen molar-refractivity contribution in [3.63, 3.8) is 0 Å². The minimum atomic E-state index is -1.23. The lowest BCUT2D eigenvalue weighted by Crippen LogP contribution is -2.11. The number of nitrogens with zero attached hydrogens (tertiary/aromatic N) is 1. The van der Waals surface area contributed by atoms with Gasteiger partial charge in [-0.2, -0.15) is 4.40 Å². The van der Waals surface area contributed by atoms with Gasteiger partial charge in [-0.3, -0.25) is 0 Å². The summed E-state index contributed by atoms with van der Waals surface area (Å²) in [6.07, 6.45) is 12.6. The summed E-state index contributed by atoms with van der Waals surface area (Å²) >= 11 is 0. The first-order chi connectivity index (χ1) is 12.3. The van der Waals surface area contributed by atoms with Crippen LogP contribution in [0.25, 0.3) is 12.2 Å². The average Bonchev–Trinajstić information content (AvgIpc) is 2.82. The van der Waals surface area contributed by atoms with Crippen molar-refractivity contribution in [2.75, 3.05) is 0 Å². The van der Waals surface area contributed by atoms with Gasteiger partial charge in [-0.15, -0.1) is 0 Å². The SMILES string of the molecule is O=S1N=CC=Cc2ccccc21.O=S1NC=CC=Cc2ccccc21. The lowest BCUT2D eigenvalue weighted by Gasteiger charge is -2.06. The predicted molar refractivity (Wildman–Crippen MR) is 105 cm³/mol. The molecular formula is C19H16N2O2S2. The highest BCUT2D eigenvalue weighted by Gasteiger charge is 2.07. The molecule has 2 unspecified atom stereocenters. The number of allylic oxidation sites excluding steroid dienone is 3. The number of hydrogen-bond acceptors (Lipinski definition) is 2. The molecule has 2 atom stereocenters. The Bertz CT molecular complexity index is 931. The van der Waals surface area contributed by atoms with E-state index in [-0.39, 0.29) is 0 Å². The molecule has 0 spiro atoms. The molecule has 126 valence electrons. The molecular weight excluding hydrogens is 352 g/mol. The van der Waals surface area contributed by atoms with Crippen molar-refractivity contribution < 1.29 is 8.42 Å². The monoisotopic (exact) mass is 368 g/mol. The van der Waals surface area contributed by atoms with Crippen molar-refractivity contribution in [1.29, 1.82) is 0 Å². The first-order valence-corrected chi connectivity index (χ1v) is 9.83. The average molecular weight is 368 g/mol. The molecule has 1 N–H and O–H groups in total. The minimum Gasteiger partial charge on any atom is -0.308 e. The van der Waals surface area contributed by atoms with Crippen molar-refractivity contribution >= 4 is 40.3 Å². The van der Waals surface area contributed by atoms with Crippen molar-refractivity contribution in [3.05, 3.63) is 84.1 Å². The minimum absolute atomic E-state index is 0.780. The van der Waals surface area contributed by atoms with E-state index < -0.39 is 22.0 Å². The highest BCUT2D eigenvalue weighted by atomic mass is 32.2. The maximum atomic E-state index is 11.6.